The minimum atomic E-state index is -0.109. The Morgan fingerprint density at radius 2 is 2.09 bits per heavy atom. The van der Waals surface area contributed by atoms with E-state index in [1.54, 1.807) is 0 Å². The smallest absolute Gasteiger partial charge is 0.106 e. The van der Waals surface area contributed by atoms with E-state index in [1.165, 1.54) is 12.8 Å². The molecule has 0 N–H and O–H groups in total. The van der Waals surface area contributed by atoms with Crippen LogP contribution < -0.4 is 0 Å². The van der Waals surface area contributed by atoms with Crippen molar-refractivity contribution < 1.29 is 9.84 Å². The van der Waals surface area contributed by atoms with Gasteiger partial charge in [-0.15, -0.1) is 0 Å². The van der Waals surface area contributed by atoms with Crippen LogP contribution in [0.4, 0.5) is 0 Å². The van der Waals surface area contributed by atoms with E-state index in [9.17, 15) is 5.11 Å². The van der Waals surface area contributed by atoms with E-state index >= 15 is 0 Å². The lowest BCUT2D eigenvalue weighted by Gasteiger charge is -2.13. The maximum absolute atomic E-state index is 10.1. The average molecular weight is 159 g/mol. The highest BCUT2D eigenvalue weighted by Crippen LogP contribution is 2.07. The van der Waals surface area contributed by atoms with Gasteiger partial charge in [0, 0.05) is 0 Å². The summed E-state index contributed by atoms with van der Waals surface area (Å²) < 4.78 is 5.33. The first-order chi connectivity index (χ1) is 5.35. The van der Waals surface area contributed by atoms with E-state index < -0.39 is 0 Å². The molecular formula is C9H19O2. The summed E-state index contributed by atoms with van der Waals surface area (Å²) in [7, 11) is 0. The van der Waals surface area contributed by atoms with Crippen LogP contribution in [0, 0.1) is 0 Å². The molecular weight excluding hydrogens is 140 g/mol. The number of hydrogen-bond acceptors (Lipinski definition) is 1. The largest absolute Gasteiger partial charge is 0.376 e. The Morgan fingerprint density at radius 1 is 1.36 bits per heavy atom. The van der Waals surface area contributed by atoms with E-state index in [0.717, 1.165) is 12.8 Å². The molecule has 0 rings (SSSR count). The first-order valence-corrected chi connectivity index (χ1v) is 4.54. The standard InChI is InChI=1S/C9H19O2/c1-3-5-6-9(4-2)11-8-7-10/h9H,3-8H2,1-2H3. The molecule has 0 amide bonds. The highest BCUT2D eigenvalue weighted by molar-refractivity contribution is 4.54. The van der Waals surface area contributed by atoms with Crippen molar-refractivity contribution in [1.29, 1.82) is 0 Å². The summed E-state index contributed by atoms with van der Waals surface area (Å²) in [6.07, 6.45) is 4.87. The van der Waals surface area contributed by atoms with Crippen molar-refractivity contribution >= 4 is 0 Å². The molecule has 0 saturated heterocycles. The normalized spacial score (nSPS) is 13.4. The molecule has 1 radical (unpaired) electrons. The summed E-state index contributed by atoms with van der Waals surface area (Å²) in [4.78, 5) is 0. The van der Waals surface area contributed by atoms with E-state index in [0.29, 0.717) is 12.7 Å². The zero-order valence-corrected chi connectivity index (χ0v) is 7.64. The number of hydrogen-bond donors (Lipinski definition) is 0. The highest BCUT2D eigenvalue weighted by Gasteiger charge is 2.04. The van der Waals surface area contributed by atoms with Crippen molar-refractivity contribution in [3.8, 4) is 0 Å². The molecule has 11 heavy (non-hydrogen) atoms. The lowest BCUT2D eigenvalue weighted by molar-refractivity contribution is 0.00580. The monoisotopic (exact) mass is 159 g/mol. The van der Waals surface area contributed by atoms with Crippen LogP contribution in [0.15, 0.2) is 0 Å². The Morgan fingerprint density at radius 3 is 2.55 bits per heavy atom. The molecule has 0 saturated carbocycles. The molecule has 0 aliphatic heterocycles. The Bertz CT molecular complexity index is 66.0. The van der Waals surface area contributed by atoms with Crippen molar-refractivity contribution in [1.82, 2.24) is 0 Å². The Hall–Kier alpha value is -0.0800. The zero-order valence-electron chi connectivity index (χ0n) is 7.64. The molecule has 67 valence electrons. The number of ether oxygens (including phenoxy) is 1. The summed E-state index contributed by atoms with van der Waals surface area (Å²) in [6.45, 7) is 4.54. The molecule has 1 atom stereocenters. The van der Waals surface area contributed by atoms with E-state index in [4.69, 9.17) is 4.74 Å². The number of rotatable bonds is 7. The van der Waals surface area contributed by atoms with Gasteiger partial charge in [-0.25, -0.2) is 5.11 Å². The van der Waals surface area contributed by atoms with E-state index in [2.05, 4.69) is 13.8 Å². The van der Waals surface area contributed by atoms with Gasteiger partial charge in [-0.05, 0) is 12.8 Å². The second kappa shape index (κ2) is 8.02. The summed E-state index contributed by atoms with van der Waals surface area (Å²) in [5.74, 6) is 0. The minimum Gasteiger partial charge on any atom is -0.376 e. The summed E-state index contributed by atoms with van der Waals surface area (Å²) >= 11 is 0. The topological polar surface area (TPSA) is 29.1 Å². The lowest BCUT2D eigenvalue weighted by atomic mass is 10.1. The molecule has 2 heteroatoms. The molecule has 0 aliphatic rings. The van der Waals surface area contributed by atoms with Gasteiger partial charge in [0.2, 0.25) is 0 Å². The molecule has 0 aromatic carbocycles. The van der Waals surface area contributed by atoms with Crippen molar-refractivity contribution in [2.45, 2.75) is 45.6 Å². The second-order valence-corrected chi connectivity index (χ2v) is 2.75. The van der Waals surface area contributed by atoms with Gasteiger partial charge >= 0.3 is 0 Å². The molecule has 0 aromatic heterocycles. The third-order valence-electron chi connectivity index (χ3n) is 1.77. The van der Waals surface area contributed by atoms with Gasteiger partial charge in [0.1, 0.15) is 6.61 Å². The highest BCUT2D eigenvalue weighted by atomic mass is 16.5. The SMILES string of the molecule is CCCCC(CC)OCC[O]. The van der Waals surface area contributed by atoms with Crippen molar-refractivity contribution in [2.24, 2.45) is 0 Å². The van der Waals surface area contributed by atoms with Gasteiger partial charge in [-0.2, -0.15) is 0 Å². The summed E-state index contributed by atoms with van der Waals surface area (Å²) in [6, 6.07) is 0. The van der Waals surface area contributed by atoms with Crippen LogP contribution in [0.5, 0.6) is 0 Å². The molecule has 0 aliphatic carbocycles. The van der Waals surface area contributed by atoms with Crippen molar-refractivity contribution in [2.75, 3.05) is 13.2 Å². The molecule has 0 bridgehead atoms. The van der Waals surface area contributed by atoms with E-state index in [-0.39, 0.29) is 6.61 Å². The molecule has 0 spiro atoms. The maximum atomic E-state index is 10.1. The molecule has 1 unspecified atom stereocenters. The van der Waals surface area contributed by atoms with E-state index in [1.807, 2.05) is 0 Å². The molecule has 2 nitrogen and oxygen atoms in total. The Kier molecular flexibility index (Phi) is 7.96. The zero-order chi connectivity index (χ0) is 8.53. The van der Waals surface area contributed by atoms with Crippen molar-refractivity contribution in [3.63, 3.8) is 0 Å². The molecule has 0 fully saturated rings. The van der Waals surface area contributed by atoms with Crippen LogP contribution in [-0.2, 0) is 9.84 Å². The fraction of sp³-hybridized carbons (Fsp3) is 1.00. The minimum absolute atomic E-state index is 0.109. The van der Waals surface area contributed by atoms with Gasteiger partial charge in [-0.3, -0.25) is 0 Å². The van der Waals surface area contributed by atoms with Crippen LogP contribution >= 0.6 is 0 Å². The third-order valence-corrected chi connectivity index (χ3v) is 1.77. The Labute approximate surface area is 69.6 Å². The lowest BCUT2D eigenvalue weighted by Crippen LogP contribution is -2.13. The first-order valence-electron chi connectivity index (χ1n) is 4.54. The van der Waals surface area contributed by atoms with Crippen LogP contribution in [0.25, 0.3) is 0 Å². The quantitative estimate of drug-likeness (QED) is 0.560. The first kappa shape index (κ1) is 10.9. The predicted molar refractivity (Wildman–Crippen MR) is 45.1 cm³/mol. The maximum Gasteiger partial charge on any atom is 0.106 e. The average Bonchev–Trinajstić information content (AvgIpc) is 2.05. The number of unbranched alkanes of at least 4 members (excludes halogenated alkanes) is 1. The molecule has 0 heterocycles. The predicted octanol–water partition coefficient (Wildman–Crippen LogP) is 2.40. The van der Waals surface area contributed by atoms with Gasteiger partial charge in [-0.1, -0.05) is 26.7 Å². The van der Waals surface area contributed by atoms with Gasteiger partial charge < -0.3 is 4.74 Å². The third kappa shape index (κ3) is 6.32. The van der Waals surface area contributed by atoms with Gasteiger partial charge in [0.15, 0.2) is 0 Å². The van der Waals surface area contributed by atoms with Crippen LogP contribution in [-0.4, -0.2) is 19.3 Å². The van der Waals surface area contributed by atoms with Crippen LogP contribution in [0.1, 0.15) is 39.5 Å². The fourth-order valence-electron chi connectivity index (χ4n) is 1.05. The fourth-order valence-corrected chi connectivity index (χ4v) is 1.05. The van der Waals surface area contributed by atoms with Gasteiger partial charge in [0.05, 0.1) is 12.7 Å². The molecule has 0 aromatic rings. The van der Waals surface area contributed by atoms with Crippen LogP contribution in [0.3, 0.4) is 0 Å². The van der Waals surface area contributed by atoms with Crippen LogP contribution in [0.2, 0.25) is 0 Å². The second-order valence-electron chi connectivity index (χ2n) is 2.75. The Balaban J connectivity index is 3.25. The summed E-state index contributed by atoms with van der Waals surface area (Å²) in [5, 5.41) is 10.1. The summed E-state index contributed by atoms with van der Waals surface area (Å²) in [5.41, 5.74) is 0. The van der Waals surface area contributed by atoms with Crippen molar-refractivity contribution in [3.05, 3.63) is 0 Å². The van der Waals surface area contributed by atoms with Gasteiger partial charge in [0.25, 0.3) is 0 Å².